The van der Waals surface area contributed by atoms with Crippen molar-refractivity contribution < 1.29 is 0 Å². The molecule has 7 heteroatoms. The lowest BCUT2D eigenvalue weighted by Crippen LogP contribution is -2.40. The summed E-state index contributed by atoms with van der Waals surface area (Å²) in [6, 6.07) is 36.9. The third-order valence-corrected chi connectivity index (χ3v) is 13.7. The SMILES string of the molecule is CCC1(CC)c2ccccc2-c2cc(-c3cccc(-c4nc(-c5cccc([Si](C)(C)C)n5)nc(-c5cccc([Si](C)(C)C)n5)n4)c3)ccc21. The normalized spacial score (nSPS) is 13.6. The van der Waals surface area contributed by atoms with E-state index in [1.165, 1.54) is 27.8 Å². The lowest BCUT2D eigenvalue weighted by atomic mass is 9.74. The molecule has 49 heavy (non-hydrogen) atoms. The van der Waals surface area contributed by atoms with Crippen molar-refractivity contribution in [2.24, 2.45) is 0 Å². The van der Waals surface area contributed by atoms with E-state index in [4.69, 9.17) is 24.9 Å². The summed E-state index contributed by atoms with van der Waals surface area (Å²) in [4.78, 5) is 25.3. The fourth-order valence-corrected chi connectivity index (χ4v) is 9.29. The van der Waals surface area contributed by atoms with Gasteiger partial charge in [0.1, 0.15) is 27.5 Å². The van der Waals surface area contributed by atoms with Crippen molar-refractivity contribution in [3.8, 4) is 56.7 Å². The molecule has 0 unspecified atom stereocenters. The Morgan fingerprint density at radius 3 is 1.55 bits per heavy atom. The smallest absolute Gasteiger partial charge is 0.182 e. The maximum absolute atomic E-state index is 5.08. The molecule has 0 saturated heterocycles. The molecule has 0 saturated carbocycles. The minimum Gasteiger partial charge on any atom is -0.254 e. The highest BCUT2D eigenvalue weighted by atomic mass is 28.3. The zero-order chi connectivity index (χ0) is 34.6. The van der Waals surface area contributed by atoms with Crippen LogP contribution in [0.4, 0.5) is 0 Å². The van der Waals surface area contributed by atoms with Crippen LogP contribution in [-0.4, -0.2) is 41.1 Å². The van der Waals surface area contributed by atoms with Gasteiger partial charge in [0.25, 0.3) is 0 Å². The number of aromatic nitrogens is 5. The van der Waals surface area contributed by atoms with Crippen molar-refractivity contribution >= 4 is 26.8 Å². The van der Waals surface area contributed by atoms with Gasteiger partial charge in [-0.05, 0) is 82.6 Å². The van der Waals surface area contributed by atoms with Crippen molar-refractivity contribution in [1.82, 2.24) is 24.9 Å². The monoisotopic (exact) mass is 675 g/mol. The number of pyridine rings is 2. The van der Waals surface area contributed by atoms with E-state index in [1.807, 2.05) is 12.1 Å². The van der Waals surface area contributed by atoms with Crippen LogP contribution in [0.3, 0.4) is 0 Å². The van der Waals surface area contributed by atoms with Crippen LogP contribution in [0, 0.1) is 0 Å². The highest BCUT2D eigenvalue weighted by Gasteiger charge is 2.40. The summed E-state index contributed by atoms with van der Waals surface area (Å²) in [7, 11) is -3.32. The average molecular weight is 676 g/mol. The van der Waals surface area contributed by atoms with Gasteiger partial charge in [-0.2, -0.15) is 0 Å². The first-order chi connectivity index (χ1) is 23.4. The summed E-state index contributed by atoms with van der Waals surface area (Å²) in [5, 5.41) is 2.26. The first-order valence-electron chi connectivity index (χ1n) is 17.5. The van der Waals surface area contributed by atoms with E-state index >= 15 is 0 Å². The van der Waals surface area contributed by atoms with Gasteiger partial charge in [-0.15, -0.1) is 0 Å². The standard InChI is InChI=1S/C42H45N5Si2/c1-9-42(10-2)33-19-12-11-18-31(33)32-27-29(24-25-34(32)42)28-16-13-17-30(26-28)39-45-40(35-20-14-22-37(43-35)48(3,4)5)47-41(46-39)36-21-15-23-38(44-36)49(6,7)8/h11-27H,9-10H2,1-8H3. The molecule has 0 atom stereocenters. The van der Waals surface area contributed by atoms with Gasteiger partial charge in [0.2, 0.25) is 0 Å². The highest BCUT2D eigenvalue weighted by molar-refractivity contribution is 6.88. The molecule has 1 aliphatic carbocycles. The molecular weight excluding hydrogens is 631 g/mol. The van der Waals surface area contributed by atoms with E-state index in [0.29, 0.717) is 17.5 Å². The van der Waals surface area contributed by atoms with Crippen LogP contribution < -0.4 is 10.6 Å². The van der Waals surface area contributed by atoms with Crippen molar-refractivity contribution in [3.05, 3.63) is 114 Å². The van der Waals surface area contributed by atoms with E-state index < -0.39 is 16.1 Å². The molecule has 3 heterocycles. The second-order valence-corrected chi connectivity index (χ2v) is 25.3. The van der Waals surface area contributed by atoms with Crippen LogP contribution in [0.1, 0.15) is 37.8 Å². The molecule has 1 aliphatic rings. The van der Waals surface area contributed by atoms with Crippen LogP contribution in [0.15, 0.2) is 103 Å². The van der Waals surface area contributed by atoms with E-state index in [0.717, 1.165) is 46.0 Å². The minimum absolute atomic E-state index is 0.0611. The van der Waals surface area contributed by atoms with Crippen LogP contribution in [0.25, 0.3) is 56.7 Å². The number of rotatable bonds is 8. The molecule has 6 aromatic rings. The Labute approximate surface area is 293 Å². The highest BCUT2D eigenvalue weighted by Crippen LogP contribution is 2.53. The third kappa shape index (κ3) is 6.00. The van der Waals surface area contributed by atoms with E-state index in [2.05, 4.69) is 144 Å². The molecule has 0 bridgehead atoms. The molecule has 0 fully saturated rings. The molecule has 246 valence electrons. The predicted octanol–water partition coefficient (Wildman–Crippen LogP) is 9.51. The summed E-state index contributed by atoms with van der Waals surface area (Å²) in [6.45, 7) is 18.5. The summed E-state index contributed by atoms with van der Waals surface area (Å²) in [5.41, 5.74) is 10.4. The Bertz CT molecular complexity index is 2120. The Hall–Kier alpha value is -4.60. The number of fused-ring (bicyclic) bond motifs is 3. The van der Waals surface area contributed by atoms with Gasteiger partial charge in [0.15, 0.2) is 17.5 Å². The van der Waals surface area contributed by atoms with Gasteiger partial charge < -0.3 is 0 Å². The summed E-state index contributed by atoms with van der Waals surface area (Å²) in [6.07, 6.45) is 2.16. The van der Waals surface area contributed by atoms with E-state index in [9.17, 15) is 0 Å². The van der Waals surface area contributed by atoms with Gasteiger partial charge in [-0.1, -0.05) is 120 Å². The van der Waals surface area contributed by atoms with Gasteiger partial charge in [-0.25, -0.2) is 15.0 Å². The third-order valence-electron chi connectivity index (χ3n) is 10.1. The first-order valence-corrected chi connectivity index (χ1v) is 24.5. The molecule has 0 spiro atoms. The van der Waals surface area contributed by atoms with Crippen molar-refractivity contribution in [2.45, 2.75) is 71.4 Å². The summed E-state index contributed by atoms with van der Waals surface area (Å²) < 4.78 is 0. The maximum atomic E-state index is 5.08. The lowest BCUT2D eigenvalue weighted by Gasteiger charge is -2.29. The Balaban J connectivity index is 1.36. The van der Waals surface area contributed by atoms with E-state index in [-0.39, 0.29) is 5.41 Å². The van der Waals surface area contributed by atoms with Crippen molar-refractivity contribution in [3.63, 3.8) is 0 Å². The molecule has 5 nitrogen and oxygen atoms in total. The zero-order valence-electron chi connectivity index (χ0n) is 30.0. The van der Waals surface area contributed by atoms with E-state index in [1.54, 1.807) is 0 Å². The van der Waals surface area contributed by atoms with Gasteiger partial charge in [0, 0.05) is 21.6 Å². The maximum Gasteiger partial charge on any atom is 0.182 e. The molecular formula is C42H45N5Si2. The van der Waals surface area contributed by atoms with Crippen LogP contribution >= 0.6 is 0 Å². The summed E-state index contributed by atoms with van der Waals surface area (Å²) in [5.74, 6) is 1.75. The molecule has 3 aromatic heterocycles. The van der Waals surface area contributed by atoms with Crippen LogP contribution in [-0.2, 0) is 5.41 Å². The molecule has 7 rings (SSSR count). The summed E-state index contributed by atoms with van der Waals surface area (Å²) >= 11 is 0. The van der Waals surface area contributed by atoms with Crippen molar-refractivity contribution in [1.29, 1.82) is 0 Å². The van der Waals surface area contributed by atoms with Crippen LogP contribution in [0.5, 0.6) is 0 Å². The Kier molecular flexibility index (Phi) is 8.32. The largest absolute Gasteiger partial charge is 0.254 e. The minimum atomic E-state index is -1.66. The zero-order valence-corrected chi connectivity index (χ0v) is 32.0. The molecule has 0 radical (unpaired) electrons. The van der Waals surface area contributed by atoms with Gasteiger partial charge >= 0.3 is 0 Å². The first kappa shape index (κ1) is 32.9. The fourth-order valence-electron chi connectivity index (χ4n) is 7.18. The molecule has 0 amide bonds. The predicted molar refractivity (Wildman–Crippen MR) is 210 cm³/mol. The Morgan fingerprint density at radius 2 is 0.959 bits per heavy atom. The van der Waals surface area contributed by atoms with Crippen LogP contribution in [0.2, 0.25) is 39.3 Å². The molecule has 0 aliphatic heterocycles. The topological polar surface area (TPSA) is 64.5 Å². The average Bonchev–Trinajstić information content (AvgIpc) is 3.40. The van der Waals surface area contributed by atoms with Gasteiger partial charge in [-0.3, -0.25) is 9.97 Å². The number of hydrogen-bond acceptors (Lipinski definition) is 5. The fraction of sp³-hybridized carbons (Fsp3) is 0.262. The second kappa shape index (κ2) is 12.4. The molecule has 3 aromatic carbocycles. The quantitative estimate of drug-likeness (QED) is 0.150. The lowest BCUT2D eigenvalue weighted by molar-refractivity contribution is 0.490. The Morgan fingerprint density at radius 1 is 0.449 bits per heavy atom. The van der Waals surface area contributed by atoms with Gasteiger partial charge in [0.05, 0.1) is 0 Å². The number of nitrogens with zero attached hydrogens (tertiary/aromatic N) is 5. The molecule has 0 N–H and O–H groups in total. The number of benzene rings is 3. The van der Waals surface area contributed by atoms with Crippen molar-refractivity contribution in [2.75, 3.05) is 0 Å². The second-order valence-electron chi connectivity index (χ2n) is 15.3. The number of hydrogen-bond donors (Lipinski definition) is 0.